The van der Waals surface area contributed by atoms with Crippen LogP contribution in [0.2, 0.25) is 0 Å². The van der Waals surface area contributed by atoms with E-state index in [2.05, 4.69) is 74.1 Å². The number of carbonyl (C=O) groups excluding carboxylic acids is 8. The fourth-order valence-electron chi connectivity index (χ4n) is 12.0. The molecule has 0 saturated carbocycles. The molecule has 6 aromatic rings. The quantitative estimate of drug-likeness (QED) is 0.0148. The molecule has 0 fully saturated rings. The summed E-state index contributed by atoms with van der Waals surface area (Å²) in [7, 11) is 0. The Balaban J connectivity index is 1.21. The lowest BCUT2D eigenvalue weighted by Crippen LogP contribution is -2.60. The third-order valence-electron chi connectivity index (χ3n) is 17.6. The second kappa shape index (κ2) is 42.6. The monoisotopic (exact) mass is 1380 g/mol. The van der Waals surface area contributed by atoms with Gasteiger partial charge in [0.2, 0.25) is 47.3 Å². The average Bonchev–Trinajstić information content (AvgIpc) is 1.65. The summed E-state index contributed by atoms with van der Waals surface area (Å²) >= 11 is 0. The van der Waals surface area contributed by atoms with E-state index in [1.807, 2.05) is 72.8 Å². The summed E-state index contributed by atoms with van der Waals surface area (Å²) in [6.07, 6.45) is 20.1. The van der Waals surface area contributed by atoms with E-state index >= 15 is 14.4 Å². The number of para-hydroxylation sites is 3. The molecule has 3 aromatic carbocycles. The Hall–Kier alpha value is -10.2. The maximum atomic E-state index is 15.2. The van der Waals surface area contributed by atoms with Crippen molar-refractivity contribution in [2.24, 2.45) is 60.8 Å². The number of fused-ring (bicyclic) bond motifs is 3. The first-order valence-electron chi connectivity index (χ1n) is 35.2. The van der Waals surface area contributed by atoms with Gasteiger partial charge in [-0.2, -0.15) is 0 Å². The number of hydrogen-bond acceptors (Lipinski definition) is 12. The van der Waals surface area contributed by atoms with Gasteiger partial charge >= 0.3 is 0 Å². The molecule has 7 atom stereocenters. The third-order valence-corrected chi connectivity index (χ3v) is 17.6. The van der Waals surface area contributed by atoms with Crippen molar-refractivity contribution in [3.8, 4) is 0 Å². The van der Waals surface area contributed by atoms with Crippen LogP contribution < -0.4 is 83.1 Å². The normalized spacial score (nSPS) is 13.3. The molecule has 100 heavy (non-hydrogen) atoms. The van der Waals surface area contributed by atoms with Crippen molar-refractivity contribution in [2.45, 2.75) is 203 Å². The largest absolute Gasteiger partial charge is 0.370 e. The van der Waals surface area contributed by atoms with Crippen LogP contribution in [0.5, 0.6) is 0 Å². The van der Waals surface area contributed by atoms with Gasteiger partial charge in [0.15, 0.2) is 17.9 Å². The summed E-state index contributed by atoms with van der Waals surface area (Å²) in [6, 6.07) is 12.9. The fourth-order valence-corrected chi connectivity index (χ4v) is 12.0. The highest BCUT2D eigenvalue weighted by atomic mass is 16.2. The van der Waals surface area contributed by atoms with E-state index in [-0.39, 0.29) is 108 Å². The van der Waals surface area contributed by atoms with Crippen LogP contribution in [0.15, 0.2) is 106 Å². The van der Waals surface area contributed by atoms with Crippen LogP contribution in [0.4, 0.5) is 0 Å². The summed E-state index contributed by atoms with van der Waals surface area (Å²) in [5.41, 5.74) is 50.5. The lowest BCUT2D eigenvalue weighted by molar-refractivity contribution is -0.135. The molecular formula is C71H107N21O8. The Morgan fingerprint density at radius 3 is 1.09 bits per heavy atom. The maximum absolute atomic E-state index is 15.2. The van der Waals surface area contributed by atoms with Crippen LogP contribution in [0, 0.1) is 0 Å². The molecule has 6 rings (SSSR count). The number of nitrogens with two attached hydrogens (primary N) is 8. The van der Waals surface area contributed by atoms with Crippen molar-refractivity contribution in [3.05, 3.63) is 108 Å². The van der Waals surface area contributed by atoms with Crippen LogP contribution in [-0.2, 0) is 57.6 Å². The van der Waals surface area contributed by atoms with Crippen molar-refractivity contribution in [2.75, 3.05) is 26.2 Å². The number of amides is 8. The van der Waals surface area contributed by atoms with Gasteiger partial charge in [-0.15, -0.1) is 0 Å². The summed E-state index contributed by atoms with van der Waals surface area (Å²) in [4.78, 5) is 136. The van der Waals surface area contributed by atoms with E-state index in [1.54, 1.807) is 18.6 Å². The van der Waals surface area contributed by atoms with E-state index in [1.165, 1.54) is 51.4 Å². The van der Waals surface area contributed by atoms with Crippen LogP contribution in [0.1, 0.15) is 158 Å². The van der Waals surface area contributed by atoms with E-state index in [4.69, 9.17) is 45.9 Å². The summed E-state index contributed by atoms with van der Waals surface area (Å²) in [5.74, 6) is -6.05. The molecule has 0 bridgehead atoms. The number of hydrogen-bond donors (Lipinski definition) is 18. The number of rotatable bonds is 48. The van der Waals surface area contributed by atoms with Gasteiger partial charge in [-0.1, -0.05) is 126 Å². The standard InChI is InChI=1S/C71H107N21O8/c1-2-3-4-5-6-7-8-9-10-11-12-34-61(93)80-35-20-19-27-51(72)63(95)87-55(31-21-36-81-69(74)75)65(97)91-59(40-46-43-85-53-29-17-14-25-49(46)53)68(100)89-57(33-23-38-83-71(78)79)66(98)92-60(41-47-44-86-54-30-18-15-26-50(47)54)67(99)88-56(32-22-37-82-70(76)77)64(96)90-58(62(73)94)39-45-42-84-52-28-16-13-24-48(45)52/h13-18,24-26,28-30,42-44,51,55-60,84-86H,2-12,19-23,27,31-41,72H2,1H3,(H2,73,94)(H,80,93)(H,87,95)(H,88,99)(H,89,100)(H,90,96)(H,91,97)(H,92,98)(H4,74,75,81)(H4,76,77,82)(H4,78,79,83)/t51-,55-,56-,57-,58-,59-,60-/m0/s1. The minimum Gasteiger partial charge on any atom is -0.370 e. The van der Waals surface area contributed by atoms with Gasteiger partial charge < -0.3 is 98.0 Å². The Morgan fingerprint density at radius 1 is 0.380 bits per heavy atom. The number of carbonyl (C=O) groups is 8. The van der Waals surface area contributed by atoms with E-state index in [0.717, 1.165) is 52.0 Å². The topological polar surface area (TPSA) is 513 Å². The highest BCUT2D eigenvalue weighted by Gasteiger charge is 2.35. The molecule has 0 saturated heterocycles. The Kier molecular flexibility index (Phi) is 33.6. The predicted octanol–water partition coefficient (Wildman–Crippen LogP) is 3.03. The molecule has 29 heteroatoms. The van der Waals surface area contributed by atoms with Crippen molar-refractivity contribution in [1.82, 2.24) is 52.2 Å². The second-order valence-electron chi connectivity index (χ2n) is 25.5. The summed E-state index contributed by atoms with van der Waals surface area (Å²) in [6.45, 7) is 2.84. The van der Waals surface area contributed by atoms with Gasteiger partial charge in [-0.3, -0.25) is 53.3 Å². The number of unbranched alkanes of at least 4 members (excludes halogenated alkanes) is 11. The van der Waals surface area contributed by atoms with Crippen LogP contribution in [0.25, 0.3) is 32.7 Å². The molecule has 0 radical (unpaired) electrons. The molecule has 544 valence electrons. The minimum absolute atomic E-state index is 0.0123. The van der Waals surface area contributed by atoms with E-state index in [9.17, 15) is 24.0 Å². The van der Waals surface area contributed by atoms with Gasteiger partial charge in [-0.25, -0.2) is 0 Å². The molecule has 3 aromatic heterocycles. The predicted molar refractivity (Wildman–Crippen MR) is 392 cm³/mol. The first-order valence-corrected chi connectivity index (χ1v) is 35.2. The fraction of sp³-hybridized carbons (Fsp3) is 0.507. The van der Waals surface area contributed by atoms with Gasteiger partial charge in [0.1, 0.15) is 36.3 Å². The number of nitrogens with zero attached hydrogens (tertiary/aromatic N) is 3. The molecule has 8 amide bonds. The summed E-state index contributed by atoms with van der Waals surface area (Å²) in [5, 5.41) is 22.2. The highest BCUT2D eigenvalue weighted by molar-refractivity contribution is 5.98. The molecule has 0 aliphatic rings. The van der Waals surface area contributed by atoms with E-state index < -0.39 is 83.6 Å². The zero-order valence-corrected chi connectivity index (χ0v) is 57.7. The number of primary amides is 1. The van der Waals surface area contributed by atoms with Crippen molar-refractivity contribution >= 4 is 97.8 Å². The van der Waals surface area contributed by atoms with Crippen LogP contribution >= 0.6 is 0 Å². The van der Waals surface area contributed by atoms with Crippen LogP contribution in [0.3, 0.4) is 0 Å². The first kappa shape index (κ1) is 78.8. The maximum Gasteiger partial charge on any atom is 0.243 e. The smallest absolute Gasteiger partial charge is 0.243 e. The number of guanidine groups is 3. The number of aliphatic imine (C=N–C) groups is 3. The van der Waals surface area contributed by atoms with Crippen molar-refractivity contribution in [1.29, 1.82) is 0 Å². The Morgan fingerprint density at radius 2 is 0.710 bits per heavy atom. The highest BCUT2D eigenvalue weighted by Crippen LogP contribution is 2.23. The second-order valence-corrected chi connectivity index (χ2v) is 25.5. The summed E-state index contributed by atoms with van der Waals surface area (Å²) < 4.78 is 0. The van der Waals surface area contributed by atoms with Gasteiger partial charge in [-0.05, 0) is 99.1 Å². The average molecular weight is 1380 g/mol. The molecule has 29 nitrogen and oxygen atoms in total. The Bertz CT molecular complexity index is 3680. The molecule has 3 heterocycles. The minimum atomic E-state index is -1.44. The molecule has 0 spiro atoms. The van der Waals surface area contributed by atoms with Gasteiger partial charge in [0, 0.05) is 103 Å². The van der Waals surface area contributed by atoms with Crippen molar-refractivity contribution < 1.29 is 38.4 Å². The van der Waals surface area contributed by atoms with Gasteiger partial charge in [0.05, 0.1) is 6.04 Å². The molecule has 0 aliphatic heterocycles. The number of H-pyrrole nitrogens is 3. The lowest BCUT2D eigenvalue weighted by atomic mass is 10.0. The SMILES string of the molecule is CCCCCCCCCCCCCC(=O)NCCCC[C@H](N)C(=O)N[C@@H](CCCN=C(N)N)C(=O)N[C@@H](Cc1c[nH]c2ccccc12)C(=O)N[C@@H](CCCN=C(N)N)C(=O)N[C@@H](Cc1c[nH]c2ccccc12)C(=O)N[C@@H](CCCN=C(N)N)C(=O)N[C@@H](Cc1c[nH]c2ccccc12)C(N)=O. The van der Waals surface area contributed by atoms with Gasteiger partial charge in [0.25, 0.3) is 0 Å². The number of nitrogens with one attached hydrogen (secondary N) is 10. The molecular weight excluding hydrogens is 1270 g/mol. The zero-order chi connectivity index (χ0) is 72.2. The van der Waals surface area contributed by atoms with Crippen LogP contribution in [-0.4, -0.2) is 149 Å². The number of aromatic amines is 3. The third kappa shape index (κ3) is 27.3. The Labute approximate surface area is 584 Å². The molecule has 0 unspecified atom stereocenters. The lowest BCUT2D eigenvalue weighted by Gasteiger charge is -2.28. The van der Waals surface area contributed by atoms with Crippen molar-refractivity contribution in [3.63, 3.8) is 0 Å². The first-order chi connectivity index (χ1) is 48.2. The van der Waals surface area contributed by atoms with E-state index in [0.29, 0.717) is 42.5 Å². The number of aromatic nitrogens is 3. The zero-order valence-electron chi connectivity index (χ0n) is 57.7. The molecule has 26 N–H and O–H groups in total. The number of benzene rings is 3. The molecule has 0 aliphatic carbocycles.